The standard InChI is InChI=1S/C10H17N3/c1-8(11)6-13-7-12-5-10(13)9-3-2-4-9/h5,7-9H,2-4,6,11H2,1H3. The number of rotatable bonds is 3. The van der Waals surface area contributed by atoms with Gasteiger partial charge in [-0.25, -0.2) is 4.98 Å². The Hall–Kier alpha value is -0.830. The van der Waals surface area contributed by atoms with Crippen molar-refractivity contribution in [2.24, 2.45) is 5.73 Å². The van der Waals surface area contributed by atoms with Crippen molar-refractivity contribution in [3.63, 3.8) is 0 Å². The fraction of sp³-hybridized carbons (Fsp3) is 0.700. The van der Waals surface area contributed by atoms with Crippen LogP contribution in [0, 0.1) is 0 Å². The number of hydrogen-bond donors (Lipinski definition) is 1. The van der Waals surface area contributed by atoms with Gasteiger partial charge in [-0.05, 0) is 19.8 Å². The van der Waals surface area contributed by atoms with E-state index in [0.29, 0.717) is 0 Å². The molecule has 1 aromatic heterocycles. The van der Waals surface area contributed by atoms with Crippen molar-refractivity contribution in [3.05, 3.63) is 18.2 Å². The average Bonchev–Trinajstić information content (AvgIpc) is 2.32. The number of nitrogens with zero attached hydrogens (tertiary/aromatic N) is 2. The highest BCUT2D eigenvalue weighted by Crippen LogP contribution is 2.35. The van der Waals surface area contributed by atoms with Gasteiger partial charge in [-0.2, -0.15) is 0 Å². The van der Waals surface area contributed by atoms with E-state index >= 15 is 0 Å². The van der Waals surface area contributed by atoms with Crippen molar-refractivity contribution in [3.8, 4) is 0 Å². The van der Waals surface area contributed by atoms with Crippen LogP contribution in [0.25, 0.3) is 0 Å². The lowest BCUT2D eigenvalue weighted by molar-refractivity contribution is 0.392. The molecule has 0 aliphatic heterocycles. The van der Waals surface area contributed by atoms with Crippen LogP contribution in [-0.2, 0) is 6.54 Å². The highest BCUT2D eigenvalue weighted by atomic mass is 15.1. The third-order valence-electron chi connectivity index (χ3n) is 2.75. The van der Waals surface area contributed by atoms with Gasteiger partial charge in [0.2, 0.25) is 0 Å². The Morgan fingerprint density at radius 1 is 1.69 bits per heavy atom. The molecular formula is C10H17N3. The van der Waals surface area contributed by atoms with E-state index in [-0.39, 0.29) is 6.04 Å². The van der Waals surface area contributed by atoms with Gasteiger partial charge in [-0.15, -0.1) is 0 Å². The first-order valence-electron chi connectivity index (χ1n) is 5.03. The van der Waals surface area contributed by atoms with E-state index in [1.807, 2.05) is 19.4 Å². The molecule has 1 unspecified atom stereocenters. The Labute approximate surface area is 79.0 Å². The Bertz CT molecular complexity index is 273. The molecule has 72 valence electrons. The van der Waals surface area contributed by atoms with E-state index in [1.54, 1.807) is 0 Å². The molecule has 2 N–H and O–H groups in total. The zero-order chi connectivity index (χ0) is 9.26. The Morgan fingerprint density at radius 2 is 2.46 bits per heavy atom. The second-order valence-corrected chi connectivity index (χ2v) is 4.08. The van der Waals surface area contributed by atoms with Crippen molar-refractivity contribution in [1.29, 1.82) is 0 Å². The summed E-state index contributed by atoms with van der Waals surface area (Å²) in [6.07, 6.45) is 7.91. The first kappa shape index (κ1) is 8.75. The summed E-state index contributed by atoms with van der Waals surface area (Å²) in [4.78, 5) is 4.19. The highest BCUT2D eigenvalue weighted by molar-refractivity contribution is 5.09. The molecule has 0 radical (unpaired) electrons. The average molecular weight is 179 g/mol. The van der Waals surface area contributed by atoms with Gasteiger partial charge in [-0.3, -0.25) is 0 Å². The minimum Gasteiger partial charge on any atom is -0.333 e. The van der Waals surface area contributed by atoms with Crippen molar-refractivity contribution >= 4 is 0 Å². The summed E-state index contributed by atoms with van der Waals surface area (Å²) in [6.45, 7) is 2.93. The van der Waals surface area contributed by atoms with Crippen LogP contribution in [0.4, 0.5) is 0 Å². The molecule has 3 heteroatoms. The topological polar surface area (TPSA) is 43.8 Å². The minimum atomic E-state index is 0.216. The van der Waals surface area contributed by atoms with E-state index in [2.05, 4.69) is 9.55 Å². The normalized spacial score (nSPS) is 19.8. The van der Waals surface area contributed by atoms with Gasteiger partial charge in [0.05, 0.1) is 6.33 Å². The van der Waals surface area contributed by atoms with Crippen LogP contribution in [-0.4, -0.2) is 15.6 Å². The van der Waals surface area contributed by atoms with Gasteiger partial charge in [0.25, 0.3) is 0 Å². The van der Waals surface area contributed by atoms with Gasteiger partial charge < -0.3 is 10.3 Å². The maximum atomic E-state index is 5.76. The van der Waals surface area contributed by atoms with E-state index in [0.717, 1.165) is 12.5 Å². The summed E-state index contributed by atoms with van der Waals surface area (Å²) in [5.41, 5.74) is 7.14. The second kappa shape index (κ2) is 3.50. The molecule has 0 aromatic carbocycles. The number of imidazole rings is 1. The maximum absolute atomic E-state index is 5.76. The maximum Gasteiger partial charge on any atom is 0.0948 e. The van der Waals surface area contributed by atoms with E-state index in [4.69, 9.17) is 5.73 Å². The third-order valence-corrected chi connectivity index (χ3v) is 2.75. The lowest BCUT2D eigenvalue weighted by atomic mass is 9.83. The molecule has 13 heavy (non-hydrogen) atoms. The summed E-state index contributed by atoms with van der Waals surface area (Å²) in [5, 5.41) is 0. The van der Waals surface area contributed by atoms with Crippen molar-refractivity contribution in [2.75, 3.05) is 0 Å². The van der Waals surface area contributed by atoms with E-state index in [1.165, 1.54) is 25.0 Å². The Morgan fingerprint density at radius 3 is 3.00 bits per heavy atom. The second-order valence-electron chi connectivity index (χ2n) is 4.08. The van der Waals surface area contributed by atoms with E-state index < -0.39 is 0 Å². The zero-order valence-corrected chi connectivity index (χ0v) is 8.11. The molecule has 1 aliphatic carbocycles. The van der Waals surface area contributed by atoms with Crippen molar-refractivity contribution in [2.45, 2.75) is 44.7 Å². The molecule has 0 bridgehead atoms. The third kappa shape index (κ3) is 1.75. The summed E-state index contributed by atoms with van der Waals surface area (Å²) >= 11 is 0. The van der Waals surface area contributed by atoms with Crippen LogP contribution in [0.2, 0.25) is 0 Å². The molecule has 1 atom stereocenters. The Balaban J connectivity index is 2.10. The highest BCUT2D eigenvalue weighted by Gasteiger charge is 2.22. The molecule has 2 rings (SSSR count). The van der Waals surface area contributed by atoms with Crippen LogP contribution in [0.5, 0.6) is 0 Å². The van der Waals surface area contributed by atoms with E-state index in [9.17, 15) is 0 Å². The van der Waals surface area contributed by atoms with Gasteiger partial charge in [0.15, 0.2) is 0 Å². The summed E-state index contributed by atoms with van der Waals surface area (Å²) in [5.74, 6) is 0.751. The predicted molar refractivity (Wildman–Crippen MR) is 52.5 cm³/mol. The van der Waals surface area contributed by atoms with Gasteiger partial charge in [0, 0.05) is 30.4 Å². The van der Waals surface area contributed by atoms with Crippen LogP contribution < -0.4 is 5.73 Å². The lowest BCUT2D eigenvalue weighted by Crippen LogP contribution is -2.24. The number of nitrogens with two attached hydrogens (primary N) is 1. The summed E-state index contributed by atoms with van der Waals surface area (Å²) in [6, 6.07) is 0.216. The van der Waals surface area contributed by atoms with Crippen LogP contribution >= 0.6 is 0 Å². The Kier molecular flexibility index (Phi) is 2.36. The van der Waals surface area contributed by atoms with Crippen LogP contribution in [0.1, 0.15) is 37.8 Å². The van der Waals surface area contributed by atoms with Gasteiger partial charge in [-0.1, -0.05) is 6.42 Å². The van der Waals surface area contributed by atoms with Crippen molar-refractivity contribution < 1.29 is 0 Å². The fourth-order valence-corrected chi connectivity index (χ4v) is 1.84. The zero-order valence-electron chi connectivity index (χ0n) is 8.11. The van der Waals surface area contributed by atoms with Gasteiger partial charge >= 0.3 is 0 Å². The SMILES string of the molecule is CC(N)Cn1cncc1C1CCC1. The summed E-state index contributed by atoms with van der Waals surface area (Å²) in [7, 11) is 0. The van der Waals surface area contributed by atoms with Crippen LogP contribution in [0.15, 0.2) is 12.5 Å². The van der Waals surface area contributed by atoms with Gasteiger partial charge in [0.1, 0.15) is 0 Å². The molecule has 1 heterocycles. The number of aromatic nitrogens is 2. The molecule has 0 spiro atoms. The fourth-order valence-electron chi connectivity index (χ4n) is 1.84. The molecule has 0 amide bonds. The first-order chi connectivity index (χ1) is 6.27. The molecule has 1 aromatic rings. The quantitative estimate of drug-likeness (QED) is 0.764. The lowest BCUT2D eigenvalue weighted by Gasteiger charge is -2.26. The monoisotopic (exact) mass is 179 g/mol. The van der Waals surface area contributed by atoms with Crippen LogP contribution in [0.3, 0.4) is 0 Å². The first-order valence-corrected chi connectivity index (χ1v) is 5.03. The number of hydrogen-bond acceptors (Lipinski definition) is 2. The molecule has 1 saturated carbocycles. The largest absolute Gasteiger partial charge is 0.333 e. The predicted octanol–water partition coefficient (Wildman–Crippen LogP) is 1.50. The molecular weight excluding hydrogens is 162 g/mol. The molecule has 1 fully saturated rings. The minimum absolute atomic E-state index is 0.216. The van der Waals surface area contributed by atoms with Crippen molar-refractivity contribution in [1.82, 2.24) is 9.55 Å². The molecule has 3 nitrogen and oxygen atoms in total. The smallest absolute Gasteiger partial charge is 0.0948 e. The molecule has 0 saturated heterocycles. The summed E-state index contributed by atoms with van der Waals surface area (Å²) < 4.78 is 2.20. The molecule has 1 aliphatic rings.